The van der Waals surface area contributed by atoms with Crippen LogP contribution in [0.25, 0.3) is 0 Å². The van der Waals surface area contributed by atoms with E-state index in [1.54, 1.807) is 0 Å². The Morgan fingerprint density at radius 1 is 1.30 bits per heavy atom. The van der Waals surface area contributed by atoms with E-state index in [4.69, 9.17) is 4.74 Å². The summed E-state index contributed by atoms with van der Waals surface area (Å²) in [7, 11) is 1.34. The number of hydrogen-bond acceptors (Lipinski definition) is 3. The zero-order chi connectivity index (χ0) is 14.5. The highest BCUT2D eigenvalue weighted by Crippen LogP contribution is 2.31. The lowest BCUT2D eigenvalue weighted by Crippen LogP contribution is -2.48. The van der Waals surface area contributed by atoms with Crippen molar-refractivity contribution in [1.29, 1.82) is 0 Å². The van der Waals surface area contributed by atoms with Crippen molar-refractivity contribution in [2.24, 2.45) is 0 Å². The smallest absolute Gasteiger partial charge is 0.407 e. The normalized spacial score (nSPS) is 20.2. The third-order valence-corrected chi connectivity index (χ3v) is 3.79. The van der Waals surface area contributed by atoms with Crippen molar-refractivity contribution in [2.45, 2.75) is 31.2 Å². The average molecular weight is 277 g/mol. The average Bonchev–Trinajstić information content (AvgIpc) is 2.48. The van der Waals surface area contributed by atoms with Gasteiger partial charge in [0, 0.05) is 6.54 Å². The number of piperidine rings is 1. The highest BCUT2D eigenvalue weighted by atomic mass is 16.5. The number of hydrogen-bond donors (Lipinski definition) is 1. The molecule has 1 aromatic carbocycles. The van der Waals surface area contributed by atoms with E-state index in [1.807, 2.05) is 30.3 Å². The second kappa shape index (κ2) is 6.41. The molecular formula is C15H19NO4. The van der Waals surface area contributed by atoms with E-state index in [2.05, 4.69) is 0 Å². The first-order valence-electron chi connectivity index (χ1n) is 6.77. The fourth-order valence-electron chi connectivity index (χ4n) is 2.84. The monoisotopic (exact) mass is 277 g/mol. The van der Waals surface area contributed by atoms with Crippen molar-refractivity contribution in [3.8, 4) is 0 Å². The summed E-state index contributed by atoms with van der Waals surface area (Å²) >= 11 is 0. The van der Waals surface area contributed by atoms with Gasteiger partial charge in [0.15, 0.2) is 0 Å². The molecule has 5 heteroatoms. The Bertz CT molecular complexity index is 474. The molecule has 1 aromatic rings. The molecule has 1 N–H and O–H groups in total. The third-order valence-electron chi connectivity index (χ3n) is 3.79. The van der Waals surface area contributed by atoms with Gasteiger partial charge in [0.25, 0.3) is 0 Å². The maximum atomic E-state index is 12.1. The molecule has 0 aliphatic carbocycles. The van der Waals surface area contributed by atoms with Crippen molar-refractivity contribution in [2.75, 3.05) is 13.7 Å². The number of carbonyl (C=O) groups excluding carboxylic acids is 1. The zero-order valence-electron chi connectivity index (χ0n) is 11.5. The molecule has 0 bridgehead atoms. The van der Waals surface area contributed by atoms with Gasteiger partial charge in [-0.25, -0.2) is 4.79 Å². The van der Waals surface area contributed by atoms with Crippen LogP contribution >= 0.6 is 0 Å². The number of methoxy groups -OCH3 is 1. The van der Waals surface area contributed by atoms with E-state index in [0.29, 0.717) is 13.0 Å². The van der Waals surface area contributed by atoms with Crippen LogP contribution in [0.3, 0.4) is 0 Å². The van der Waals surface area contributed by atoms with Gasteiger partial charge in [-0.1, -0.05) is 30.3 Å². The SMILES string of the molecule is COC(=O)[C@H](c1ccccc1)C1CCCCN1C(=O)O. The quantitative estimate of drug-likeness (QED) is 0.862. The summed E-state index contributed by atoms with van der Waals surface area (Å²) in [4.78, 5) is 24.9. The molecule has 5 nitrogen and oxygen atoms in total. The first-order valence-corrected chi connectivity index (χ1v) is 6.77. The summed E-state index contributed by atoms with van der Waals surface area (Å²) in [5, 5.41) is 9.33. The largest absolute Gasteiger partial charge is 0.468 e. The van der Waals surface area contributed by atoms with Crippen molar-refractivity contribution >= 4 is 12.1 Å². The summed E-state index contributed by atoms with van der Waals surface area (Å²) in [5.74, 6) is -0.938. The second-order valence-corrected chi connectivity index (χ2v) is 4.95. The van der Waals surface area contributed by atoms with Gasteiger partial charge >= 0.3 is 12.1 Å². The molecule has 0 saturated carbocycles. The van der Waals surface area contributed by atoms with E-state index in [9.17, 15) is 14.7 Å². The Balaban J connectivity index is 2.35. The Morgan fingerprint density at radius 2 is 2.00 bits per heavy atom. The molecule has 1 aliphatic rings. The minimum atomic E-state index is -0.973. The van der Waals surface area contributed by atoms with Crippen LogP contribution in [0, 0.1) is 0 Å². The topological polar surface area (TPSA) is 66.8 Å². The highest BCUT2D eigenvalue weighted by Gasteiger charge is 2.38. The predicted octanol–water partition coefficient (Wildman–Crippen LogP) is 2.48. The fraction of sp³-hybridized carbons (Fsp3) is 0.467. The number of carbonyl (C=O) groups is 2. The number of rotatable bonds is 3. The van der Waals surface area contributed by atoms with Crippen LogP contribution in [0.15, 0.2) is 30.3 Å². The lowest BCUT2D eigenvalue weighted by atomic mass is 9.85. The first-order chi connectivity index (χ1) is 9.65. The van der Waals surface area contributed by atoms with E-state index < -0.39 is 12.0 Å². The maximum absolute atomic E-state index is 12.1. The van der Waals surface area contributed by atoms with Crippen LogP contribution in [0.4, 0.5) is 4.79 Å². The summed E-state index contributed by atoms with van der Waals surface area (Å²) < 4.78 is 4.89. The van der Waals surface area contributed by atoms with Crippen molar-refractivity contribution < 1.29 is 19.4 Å². The number of nitrogens with zero attached hydrogens (tertiary/aromatic N) is 1. The van der Waals surface area contributed by atoms with Crippen LogP contribution in [0.1, 0.15) is 30.7 Å². The summed E-state index contributed by atoms with van der Waals surface area (Å²) in [6.07, 6.45) is 1.47. The molecule has 0 radical (unpaired) electrons. The molecule has 108 valence electrons. The number of ether oxygens (including phenoxy) is 1. The summed E-state index contributed by atoms with van der Waals surface area (Å²) in [6, 6.07) is 8.90. The fourth-order valence-corrected chi connectivity index (χ4v) is 2.84. The van der Waals surface area contributed by atoms with Gasteiger partial charge in [0.1, 0.15) is 5.92 Å². The zero-order valence-corrected chi connectivity index (χ0v) is 11.5. The number of carboxylic acid groups (broad SMARTS) is 1. The molecular weight excluding hydrogens is 258 g/mol. The van der Waals surface area contributed by atoms with E-state index in [-0.39, 0.29) is 12.0 Å². The Morgan fingerprint density at radius 3 is 2.60 bits per heavy atom. The van der Waals surface area contributed by atoms with Gasteiger partial charge in [0.05, 0.1) is 13.2 Å². The van der Waals surface area contributed by atoms with Crippen LogP contribution in [-0.4, -0.2) is 41.8 Å². The van der Waals surface area contributed by atoms with Crippen molar-refractivity contribution in [3.63, 3.8) is 0 Å². The van der Waals surface area contributed by atoms with Crippen molar-refractivity contribution in [1.82, 2.24) is 4.90 Å². The van der Waals surface area contributed by atoms with E-state index in [0.717, 1.165) is 18.4 Å². The summed E-state index contributed by atoms with van der Waals surface area (Å²) in [5.41, 5.74) is 0.803. The molecule has 2 rings (SSSR count). The van der Waals surface area contributed by atoms with Crippen LogP contribution in [0.2, 0.25) is 0 Å². The Hall–Kier alpha value is -2.04. The van der Waals surface area contributed by atoms with Crippen LogP contribution < -0.4 is 0 Å². The predicted molar refractivity (Wildman–Crippen MR) is 73.6 cm³/mol. The molecule has 1 saturated heterocycles. The number of amides is 1. The van der Waals surface area contributed by atoms with Crippen LogP contribution in [-0.2, 0) is 9.53 Å². The molecule has 0 aromatic heterocycles. The minimum Gasteiger partial charge on any atom is -0.468 e. The molecule has 2 atom stereocenters. The highest BCUT2D eigenvalue weighted by molar-refractivity contribution is 5.80. The molecule has 1 aliphatic heterocycles. The van der Waals surface area contributed by atoms with E-state index >= 15 is 0 Å². The number of benzene rings is 1. The van der Waals surface area contributed by atoms with Crippen molar-refractivity contribution in [3.05, 3.63) is 35.9 Å². The van der Waals surface area contributed by atoms with Gasteiger partial charge in [-0.15, -0.1) is 0 Å². The molecule has 1 amide bonds. The maximum Gasteiger partial charge on any atom is 0.407 e. The number of likely N-dealkylation sites (tertiary alicyclic amines) is 1. The molecule has 1 unspecified atom stereocenters. The summed E-state index contributed by atoms with van der Waals surface area (Å²) in [6.45, 7) is 0.473. The van der Waals surface area contributed by atoms with E-state index in [1.165, 1.54) is 12.0 Å². The van der Waals surface area contributed by atoms with Gasteiger partial charge in [0.2, 0.25) is 0 Å². The Labute approximate surface area is 118 Å². The van der Waals surface area contributed by atoms with Crippen LogP contribution in [0.5, 0.6) is 0 Å². The third kappa shape index (κ3) is 2.92. The first kappa shape index (κ1) is 14.4. The molecule has 20 heavy (non-hydrogen) atoms. The lowest BCUT2D eigenvalue weighted by Gasteiger charge is -2.37. The minimum absolute atomic E-state index is 0.351. The Kier molecular flexibility index (Phi) is 4.61. The van der Waals surface area contributed by atoms with Gasteiger partial charge in [-0.05, 0) is 24.8 Å². The molecule has 1 heterocycles. The second-order valence-electron chi connectivity index (χ2n) is 4.95. The molecule has 1 fully saturated rings. The van der Waals surface area contributed by atoms with Gasteiger partial charge < -0.3 is 14.7 Å². The molecule has 0 spiro atoms. The lowest BCUT2D eigenvalue weighted by molar-refractivity contribution is -0.144. The van der Waals surface area contributed by atoms with Gasteiger partial charge in [-0.3, -0.25) is 4.79 Å². The number of esters is 1. The van der Waals surface area contributed by atoms with Gasteiger partial charge in [-0.2, -0.15) is 0 Å². The standard InChI is InChI=1S/C15H19NO4/c1-20-14(17)13(11-7-3-2-4-8-11)12-9-5-6-10-16(12)15(18)19/h2-4,7-8,12-13H,5-6,9-10H2,1H3,(H,18,19)/t12?,13-/m1/s1.